The van der Waals surface area contributed by atoms with Crippen LogP contribution in [0.3, 0.4) is 0 Å². The number of rotatable bonds is 3. The monoisotopic (exact) mass is 245 g/mol. The van der Waals surface area contributed by atoms with Crippen molar-refractivity contribution in [2.75, 3.05) is 0 Å². The Labute approximate surface area is 92.8 Å². The maximum Gasteiger partial charge on any atom is 0.253 e. The summed E-state index contributed by atoms with van der Waals surface area (Å²) < 4.78 is 25.9. The second-order valence-electron chi connectivity index (χ2n) is 3.08. The second kappa shape index (κ2) is 4.26. The van der Waals surface area contributed by atoms with Gasteiger partial charge < -0.3 is 0 Å². The second-order valence-corrected chi connectivity index (χ2v) is 6.19. The molecule has 1 rings (SSSR count). The molecule has 0 saturated heterocycles. The third kappa shape index (κ3) is 2.75. The van der Waals surface area contributed by atoms with Crippen LogP contribution in [0.1, 0.15) is 17.6 Å². The summed E-state index contributed by atoms with van der Waals surface area (Å²) in [6.07, 6.45) is 0. The predicted octanol–water partition coefficient (Wildman–Crippen LogP) is 0.950. The van der Waals surface area contributed by atoms with Gasteiger partial charge in [0.2, 0.25) is 0 Å². The third-order valence-corrected chi connectivity index (χ3v) is 4.85. The smallest absolute Gasteiger partial charge is 0.245 e. The Kier molecular flexibility index (Phi) is 3.44. The van der Waals surface area contributed by atoms with Crippen molar-refractivity contribution in [1.82, 2.24) is 9.71 Å². The van der Waals surface area contributed by atoms with Crippen molar-refractivity contribution in [2.45, 2.75) is 31.0 Å². The first kappa shape index (κ1) is 12.1. The standard InChI is InChI=1S/C8H11N3O2S2/c1-5(4-9)11-15(12,13)8-6(2)10-7(3)14-8/h5,11H,1-3H3. The molecule has 0 aliphatic rings. The van der Waals surface area contributed by atoms with Gasteiger partial charge in [0.25, 0.3) is 10.0 Å². The largest absolute Gasteiger partial charge is 0.253 e. The van der Waals surface area contributed by atoms with Gasteiger partial charge in [-0.1, -0.05) is 0 Å². The highest BCUT2D eigenvalue weighted by atomic mass is 32.2. The molecule has 0 aliphatic carbocycles. The molecule has 1 atom stereocenters. The Bertz CT molecular complexity index is 498. The molecule has 15 heavy (non-hydrogen) atoms. The lowest BCUT2D eigenvalue weighted by atomic mass is 10.4. The topological polar surface area (TPSA) is 82.8 Å². The number of aromatic nitrogens is 1. The first-order valence-corrected chi connectivity index (χ1v) is 6.53. The van der Waals surface area contributed by atoms with Crippen molar-refractivity contribution in [3.8, 4) is 6.07 Å². The number of sulfonamides is 1. The predicted molar refractivity (Wildman–Crippen MR) is 57.0 cm³/mol. The quantitative estimate of drug-likeness (QED) is 0.859. The molecule has 0 aliphatic heterocycles. The van der Waals surface area contributed by atoms with E-state index >= 15 is 0 Å². The highest BCUT2D eigenvalue weighted by molar-refractivity contribution is 7.91. The van der Waals surface area contributed by atoms with Gasteiger partial charge in [-0.3, -0.25) is 0 Å². The zero-order valence-electron chi connectivity index (χ0n) is 8.60. The summed E-state index contributed by atoms with van der Waals surface area (Å²) in [7, 11) is -3.60. The molecule has 1 aromatic rings. The highest BCUT2D eigenvalue weighted by Crippen LogP contribution is 2.22. The van der Waals surface area contributed by atoms with Crippen molar-refractivity contribution >= 4 is 21.4 Å². The van der Waals surface area contributed by atoms with Crippen molar-refractivity contribution < 1.29 is 8.42 Å². The molecule has 0 saturated carbocycles. The lowest BCUT2D eigenvalue weighted by Crippen LogP contribution is -2.31. The van der Waals surface area contributed by atoms with Crippen LogP contribution in [0.15, 0.2) is 4.21 Å². The number of aryl methyl sites for hydroxylation is 2. The van der Waals surface area contributed by atoms with Gasteiger partial charge in [0, 0.05) is 0 Å². The normalized spacial score (nSPS) is 13.5. The first-order valence-electron chi connectivity index (χ1n) is 4.23. The fraction of sp³-hybridized carbons (Fsp3) is 0.500. The van der Waals surface area contributed by atoms with Crippen LogP contribution in [-0.4, -0.2) is 19.4 Å². The molecule has 0 amide bonds. The van der Waals surface area contributed by atoms with E-state index in [1.54, 1.807) is 13.8 Å². The number of nitriles is 1. The molecule has 7 heteroatoms. The zero-order chi connectivity index (χ0) is 11.6. The number of hydrogen-bond acceptors (Lipinski definition) is 5. The van der Waals surface area contributed by atoms with E-state index in [1.165, 1.54) is 6.92 Å². The number of thiazole rings is 1. The number of nitrogens with zero attached hydrogens (tertiary/aromatic N) is 2. The van der Waals surface area contributed by atoms with Gasteiger partial charge in [0.1, 0.15) is 6.04 Å². The van der Waals surface area contributed by atoms with Crippen LogP contribution in [0.2, 0.25) is 0 Å². The Balaban J connectivity index is 3.08. The molecule has 1 heterocycles. The van der Waals surface area contributed by atoms with E-state index < -0.39 is 16.1 Å². The lowest BCUT2D eigenvalue weighted by molar-refractivity contribution is 0.578. The Hall–Kier alpha value is -0.970. The van der Waals surface area contributed by atoms with Gasteiger partial charge in [-0.25, -0.2) is 13.4 Å². The minimum absolute atomic E-state index is 0.182. The first-order chi connectivity index (χ1) is 6.86. The average molecular weight is 245 g/mol. The summed E-state index contributed by atoms with van der Waals surface area (Å²) in [5.74, 6) is 0. The van der Waals surface area contributed by atoms with Crippen LogP contribution < -0.4 is 4.72 Å². The molecule has 1 N–H and O–H groups in total. The Morgan fingerprint density at radius 2 is 2.13 bits per heavy atom. The van der Waals surface area contributed by atoms with Crippen molar-refractivity contribution in [2.24, 2.45) is 0 Å². The van der Waals surface area contributed by atoms with Crippen LogP contribution >= 0.6 is 11.3 Å². The summed E-state index contributed by atoms with van der Waals surface area (Å²) in [4.78, 5) is 4.03. The van der Waals surface area contributed by atoms with Crippen LogP contribution in [-0.2, 0) is 10.0 Å². The van der Waals surface area contributed by atoms with E-state index in [0.29, 0.717) is 10.7 Å². The molecule has 0 spiro atoms. The fourth-order valence-corrected chi connectivity index (χ4v) is 3.72. The molecule has 5 nitrogen and oxygen atoms in total. The molecule has 1 aromatic heterocycles. The molecule has 0 aromatic carbocycles. The van der Waals surface area contributed by atoms with E-state index in [-0.39, 0.29) is 4.21 Å². The SMILES string of the molecule is Cc1nc(C)c(S(=O)(=O)NC(C)C#N)s1. The average Bonchev–Trinajstić information content (AvgIpc) is 2.45. The van der Waals surface area contributed by atoms with E-state index in [4.69, 9.17) is 5.26 Å². The summed E-state index contributed by atoms with van der Waals surface area (Å²) >= 11 is 1.10. The lowest BCUT2D eigenvalue weighted by Gasteiger charge is -2.05. The molecule has 0 radical (unpaired) electrons. The van der Waals surface area contributed by atoms with Crippen LogP contribution in [0.25, 0.3) is 0 Å². The van der Waals surface area contributed by atoms with E-state index in [2.05, 4.69) is 9.71 Å². The van der Waals surface area contributed by atoms with Gasteiger partial charge in [-0.05, 0) is 20.8 Å². The van der Waals surface area contributed by atoms with Crippen molar-refractivity contribution in [1.29, 1.82) is 5.26 Å². The molecular formula is C8H11N3O2S2. The van der Waals surface area contributed by atoms with E-state index in [9.17, 15) is 8.42 Å². The summed E-state index contributed by atoms with van der Waals surface area (Å²) in [6.45, 7) is 4.86. The highest BCUT2D eigenvalue weighted by Gasteiger charge is 2.22. The van der Waals surface area contributed by atoms with Crippen LogP contribution in [0, 0.1) is 25.2 Å². The summed E-state index contributed by atoms with van der Waals surface area (Å²) in [6, 6.07) is 1.07. The van der Waals surface area contributed by atoms with Gasteiger partial charge in [-0.15, -0.1) is 11.3 Å². The van der Waals surface area contributed by atoms with Gasteiger partial charge >= 0.3 is 0 Å². The van der Waals surface area contributed by atoms with E-state index in [0.717, 1.165) is 11.3 Å². The van der Waals surface area contributed by atoms with Gasteiger partial charge in [0.15, 0.2) is 4.21 Å². The third-order valence-electron chi connectivity index (χ3n) is 1.63. The van der Waals surface area contributed by atoms with E-state index in [1.807, 2.05) is 6.07 Å². The summed E-state index contributed by atoms with van der Waals surface area (Å²) in [5, 5.41) is 9.22. The summed E-state index contributed by atoms with van der Waals surface area (Å²) in [5.41, 5.74) is 0.468. The molecule has 82 valence electrons. The Morgan fingerprint density at radius 3 is 2.53 bits per heavy atom. The number of hydrogen-bond donors (Lipinski definition) is 1. The molecule has 0 bridgehead atoms. The fourth-order valence-electron chi connectivity index (χ4n) is 1.07. The van der Waals surface area contributed by atoms with Gasteiger partial charge in [0.05, 0.1) is 16.8 Å². The number of nitrogens with one attached hydrogen (secondary N) is 1. The van der Waals surface area contributed by atoms with Crippen LogP contribution in [0.4, 0.5) is 0 Å². The maximum absolute atomic E-state index is 11.7. The molecule has 1 unspecified atom stereocenters. The van der Waals surface area contributed by atoms with Crippen LogP contribution in [0.5, 0.6) is 0 Å². The Morgan fingerprint density at radius 1 is 1.53 bits per heavy atom. The van der Waals surface area contributed by atoms with Crippen molar-refractivity contribution in [3.05, 3.63) is 10.7 Å². The zero-order valence-corrected chi connectivity index (χ0v) is 10.2. The maximum atomic E-state index is 11.7. The molecular weight excluding hydrogens is 234 g/mol. The minimum Gasteiger partial charge on any atom is -0.245 e. The molecule has 0 fully saturated rings. The van der Waals surface area contributed by atoms with Crippen molar-refractivity contribution in [3.63, 3.8) is 0 Å². The minimum atomic E-state index is -3.60. The van der Waals surface area contributed by atoms with Gasteiger partial charge in [-0.2, -0.15) is 9.98 Å².